The summed E-state index contributed by atoms with van der Waals surface area (Å²) in [7, 11) is 1.51. The van der Waals surface area contributed by atoms with Gasteiger partial charge in [0.25, 0.3) is 5.91 Å². The molecule has 6 nitrogen and oxygen atoms in total. The molecule has 0 saturated carbocycles. The van der Waals surface area contributed by atoms with Crippen molar-refractivity contribution in [3.8, 4) is 5.88 Å². The molecule has 2 heterocycles. The number of aliphatic carboxylic acids is 1. The third kappa shape index (κ3) is 2.71. The number of carboxylic acid groups (broad SMARTS) is 1. The molecule has 124 valence electrons. The predicted molar refractivity (Wildman–Crippen MR) is 88.5 cm³/mol. The molecule has 3 rings (SSSR count). The van der Waals surface area contributed by atoms with Crippen molar-refractivity contribution >= 4 is 17.6 Å². The summed E-state index contributed by atoms with van der Waals surface area (Å²) in [5.74, 6) is -1.24. The number of nitrogens with zero attached hydrogens (tertiary/aromatic N) is 2. The van der Waals surface area contributed by atoms with Crippen molar-refractivity contribution in [2.45, 2.75) is 25.3 Å². The van der Waals surface area contributed by atoms with E-state index in [1.54, 1.807) is 35.2 Å². The van der Waals surface area contributed by atoms with Gasteiger partial charge in [0, 0.05) is 24.0 Å². The number of pyridine rings is 1. The number of hydrogen-bond acceptors (Lipinski definition) is 4. The van der Waals surface area contributed by atoms with E-state index in [9.17, 15) is 14.7 Å². The molecule has 0 spiro atoms. The van der Waals surface area contributed by atoms with Crippen LogP contribution in [0.5, 0.6) is 5.88 Å². The molecule has 1 aromatic carbocycles. The average Bonchev–Trinajstić information content (AvgIpc) is 2.60. The number of carboxylic acids is 1. The second-order valence-electron chi connectivity index (χ2n) is 5.80. The van der Waals surface area contributed by atoms with E-state index in [1.165, 1.54) is 13.3 Å². The molecule has 2 aromatic rings. The normalized spacial score (nSPS) is 19.5. The van der Waals surface area contributed by atoms with E-state index in [1.807, 2.05) is 13.0 Å². The van der Waals surface area contributed by atoms with Gasteiger partial charge in [0.05, 0.1) is 18.6 Å². The number of anilines is 1. The third-order valence-corrected chi connectivity index (χ3v) is 4.30. The van der Waals surface area contributed by atoms with Crippen LogP contribution in [0.1, 0.15) is 35.2 Å². The van der Waals surface area contributed by atoms with Crippen molar-refractivity contribution < 1.29 is 19.4 Å². The van der Waals surface area contributed by atoms with Crippen LogP contribution in [-0.4, -0.2) is 35.1 Å². The lowest BCUT2D eigenvalue weighted by Crippen LogP contribution is -2.44. The van der Waals surface area contributed by atoms with Gasteiger partial charge in [-0.15, -0.1) is 0 Å². The monoisotopic (exact) mass is 326 g/mol. The molecular weight excluding hydrogens is 308 g/mol. The fourth-order valence-electron chi connectivity index (χ4n) is 3.12. The quantitative estimate of drug-likeness (QED) is 0.938. The largest absolute Gasteiger partial charge is 0.481 e. The number of benzene rings is 1. The topological polar surface area (TPSA) is 79.7 Å². The number of carbonyl (C=O) groups excluding carboxylic acids is 1. The Kier molecular flexibility index (Phi) is 4.20. The molecule has 2 atom stereocenters. The molecule has 1 amide bonds. The lowest BCUT2D eigenvalue weighted by atomic mass is 9.86. The maximum Gasteiger partial charge on any atom is 0.311 e. The summed E-state index contributed by atoms with van der Waals surface area (Å²) in [6.45, 7) is 1.86. The van der Waals surface area contributed by atoms with E-state index < -0.39 is 11.9 Å². The number of methoxy groups -OCH3 is 1. The summed E-state index contributed by atoms with van der Waals surface area (Å²) in [5.41, 5.74) is 1.74. The lowest BCUT2D eigenvalue weighted by molar-refractivity contribution is -0.139. The molecule has 1 aromatic heterocycles. The minimum atomic E-state index is -0.868. The summed E-state index contributed by atoms with van der Waals surface area (Å²) >= 11 is 0. The van der Waals surface area contributed by atoms with E-state index in [4.69, 9.17) is 4.74 Å². The van der Waals surface area contributed by atoms with Gasteiger partial charge in [-0.05, 0) is 31.0 Å². The maximum atomic E-state index is 12.9. The van der Waals surface area contributed by atoms with Gasteiger partial charge in [0.2, 0.25) is 5.88 Å². The lowest BCUT2D eigenvalue weighted by Gasteiger charge is -2.38. The molecule has 1 aliphatic heterocycles. The van der Waals surface area contributed by atoms with Gasteiger partial charge in [-0.1, -0.05) is 18.2 Å². The Morgan fingerprint density at radius 1 is 1.25 bits per heavy atom. The van der Waals surface area contributed by atoms with Gasteiger partial charge < -0.3 is 14.7 Å². The molecule has 1 N–H and O–H groups in total. The van der Waals surface area contributed by atoms with Crippen molar-refractivity contribution in [3.05, 3.63) is 53.7 Å². The minimum Gasteiger partial charge on any atom is -0.481 e. The van der Waals surface area contributed by atoms with E-state index in [0.717, 1.165) is 0 Å². The second-order valence-corrected chi connectivity index (χ2v) is 5.80. The van der Waals surface area contributed by atoms with Gasteiger partial charge in [0.1, 0.15) is 0 Å². The van der Waals surface area contributed by atoms with Crippen molar-refractivity contribution in [2.75, 3.05) is 12.0 Å². The highest BCUT2D eigenvalue weighted by Gasteiger charge is 2.37. The molecule has 0 bridgehead atoms. The zero-order valence-corrected chi connectivity index (χ0v) is 13.5. The van der Waals surface area contributed by atoms with Crippen LogP contribution in [0.3, 0.4) is 0 Å². The molecule has 0 radical (unpaired) electrons. The highest BCUT2D eigenvalue weighted by Crippen LogP contribution is 2.39. The Morgan fingerprint density at radius 2 is 2.00 bits per heavy atom. The summed E-state index contributed by atoms with van der Waals surface area (Å²) in [6, 6.07) is 10.2. The van der Waals surface area contributed by atoms with Crippen LogP contribution < -0.4 is 9.64 Å². The molecule has 24 heavy (non-hydrogen) atoms. The van der Waals surface area contributed by atoms with Crippen LogP contribution >= 0.6 is 0 Å². The van der Waals surface area contributed by atoms with Crippen LogP contribution in [0, 0.1) is 0 Å². The number of ether oxygens (including phenoxy) is 1. The Bertz CT molecular complexity index is 773. The Balaban J connectivity index is 2.01. The van der Waals surface area contributed by atoms with Crippen molar-refractivity contribution in [1.82, 2.24) is 4.98 Å². The van der Waals surface area contributed by atoms with Crippen LogP contribution in [0.2, 0.25) is 0 Å². The smallest absolute Gasteiger partial charge is 0.311 e. The zero-order valence-electron chi connectivity index (χ0n) is 13.5. The number of rotatable bonds is 3. The fraction of sp³-hybridized carbons (Fsp3) is 0.278. The SMILES string of the molecule is COc1ccc(C(=O)N2c3ccccc3[C@H](C(=O)O)C[C@@H]2C)cn1. The summed E-state index contributed by atoms with van der Waals surface area (Å²) < 4.78 is 5.01. The molecule has 0 fully saturated rings. The van der Waals surface area contributed by atoms with Crippen molar-refractivity contribution in [2.24, 2.45) is 0 Å². The highest BCUT2D eigenvalue weighted by molar-refractivity contribution is 6.07. The standard InChI is InChI=1S/C18H18N2O4/c1-11-9-14(18(22)23)13-5-3-4-6-15(13)20(11)17(21)12-7-8-16(24-2)19-10-12/h3-8,10-11,14H,9H2,1-2H3,(H,22,23)/t11-,14+/m0/s1. The molecular formula is C18H18N2O4. The van der Waals surface area contributed by atoms with Crippen molar-refractivity contribution in [1.29, 1.82) is 0 Å². The molecule has 0 unspecified atom stereocenters. The molecule has 0 saturated heterocycles. The van der Waals surface area contributed by atoms with Gasteiger partial charge in [-0.3, -0.25) is 9.59 Å². The van der Waals surface area contributed by atoms with E-state index >= 15 is 0 Å². The van der Waals surface area contributed by atoms with Crippen LogP contribution in [0.25, 0.3) is 0 Å². The average molecular weight is 326 g/mol. The van der Waals surface area contributed by atoms with E-state index in [2.05, 4.69) is 4.98 Å². The molecule has 0 aliphatic carbocycles. The fourth-order valence-corrected chi connectivity index (χ4v) is 3.12. The molecule has 1 aliphatic rings. The number of carbonyl (C=O) groups is 2. The Morgan fingerprint density at radius 3 is 2.62 bits per heavy atom. The highest BCUT2D eigenvalue weighted by atomic mass is 16.5. The van der Waals surface area contributed by atoms with Gasteiger partial charge in [0.15, 0.2) is 0 Å². The van der Waals surface area contributed by atoms with E-state index in [0.29, 0.717) is 29.1 Å². The van der Waals surface area contributed by atoms with Gasteiger partial charge in [-0.25, -0.2) is 4.98 Å². The van der Waals surface area contributed by atoms with Gasteiger partial charge >= 0.3 is 5.97 Å². The maximum absolute atomic E-state index is 12.9. The van der Waals surface area contributed by atoms with Gasteiger partial charge in [-0.2, -0.15) is 0 Å². The predicted octanol–water partition coefficient (Wildman–Crippen LogP) is 2.70. The number of para-hydroxylation sites is 1. The minimum absolute atomic E-state index is 0.200. The first kappa shape index (κ1) is 16.0. The Hall–Kier alpha value is -2.89. The van der Waals surface area contributed by atoms with Crippen molar-refractivity contribution in [3.63, 3.8) is 0 Å². The Labute approximate surface area is 139 Å². The summed E-state index contributed by atoms with van der Waals surface area (Å²) in [4.78, 5) is 30.2. The van der Waals surface area contributed by atoms with Crippen LogP contribution in [0.15, 0.2) is 42.6 Å². The second kappa shape index (κ2) is 6.31. The first-order chi connectivity index (χ1) is 11.5. The number of fused-ring (bicyclic) bond motifs is 1. The summed E-state index contributed by atoms with van der Waals surface area (Å²) in [5, 5.41) is 9.48. The van der Waals surface area contributed by atoms with Crippen LogP contribution in [-0.2, 0) is 4.79 Å². The first-order valence-corrected chi connectivity index (χ1v) is 7.68. The number of hydrogen-bond donors (Lipinski definition) is 1. The summed E-state index contributed by atoms with van der Waals surface area (Å²) in [6.07, 6.45) is 1.85. The zero-order chi connectivity index (χ0) is 17.3. The number of aromatic nitrogens is 1. The van der Waals surface area contributed by atoms with Crippen LogP contribution in [0.4, 0.5) is 5.69 Å². The first-order valence-electron chi connectivity index (χ1n) is 7.68. The molecule has 6 heteroatoms. The van der Waals surface area contributed by atoms with E-state index in [-0.39, 0.29) is 11.9 Å². The third-order valence-electron chi connectivity index (χ3n) is 4.30. The number of amides is 1.